The largest absolute Gasteiger partial charge is 0.369 e. The highest BCUT2D eigenvalue weighted by Gasteiger charge is 2.49. The Morgan fingerprint density at radius 2 is 2.00 bits per heavy atom. The fourth-order valence-electron chi connectivity index (χ4n) is 0.953. The van der Waals surface area contributed by atoms with Gasteiger partial charge >= 0.3 is 0 Å². The minimum absolute atomic E-state index is 0. The molecule has 0 aromatic rings. The second-order valence-electron chi connectivity index (χ2n) is 3.15. The van der Waals surface area contributed by atoms with Gasteiger partial charge in [-0.3, -0.25) is 4.79 Å². The SMILES string of the molecule is C.CC1(C)CC1C(N)=O. The molecule has 54 valence electrons. The Labute approximate surface area is 56.4 Å². The summed E-state index contributed by atoms with van der Waals surface area (Å²) < 4.78 is 0. The molecule has 0 bridgehead atoms. The predicted octanol–water partition coefficient (Wildman–Crippen LogP) is 1.15. The van der Waals surface area contributed by atoms with Crippen molar-refractivity contribution in [3.8, 4) is 0 Å². The van der Waals surface area contributed by atoms with Crippen molar-refractivity contribution in [3.63, 3.8) is 0 Å². The predicted molar refractivity (Wildman–Crippen MR) is 37.8 cm³/mol. The fourth-order valence-corrected chi connectivity index (χ4v) is 0.953. The van der Waals surface area contributed by atoms with Crippen LogP contribution in [0.3, 0.4) is 0 Å². The van der Waals surface area contributed by atoms with Gasteiger partial charge in [-0.05, 0) is 11.8 Å². The summed E-state index contributed by atoms with van der Waals surface area (Å²) in [5.74, 6) is 0.0116. The molecule has 1 amide bonds. The van der Waals surface area contributed by atoms with Crippen molar-refractivity contribution in [2.75, 3.05) is 0 Å². The fraction of sp³-hybridized carbons (Fsp3) is 0.857. The van der Waals surface area contributed by atoms with Crippen LogP contribution < -0.4 is 5.73 Å². The van der Waals surface area contributed by atoms with Crippen LogP contribution in [0.5, 0.6) is 0 Å². The zero-order valence-corrected chi connectivity index (χ0v) is 5.27. The highest BCUT2D eigenvalue weighted by molar-refractivity contribution is 5.80. The van der Waals surface area contributed by atoms with Gasteiger partial charge in [0.05, 0.1) is 0 Å². The average Bonchev–Trinajstić information content (AvgIpc) is 2.13. The summed E-state index contributed by atoms with van der Waals surface area (Å²) in [4.78, 5) is 10.4. The van der Waals surface area contributed by atoms with E-state index in [2.05, 4.69) is 13.8 Å². The van der Waals surface area contributed by atoms with Gasteiger partial charge in [0.2, 0.25) is 5.91 Å². The molecule has 0 heterocycles. The van der Waals surface area contributed by atoms with E-state index in [1.165, 1.54) is 0 Å². The standard InChI is InChI=1S/C6H11NO.CH4/c1-6(2)3-4(6)5(7)8;/h4H,3H2,1-2H3,(H2,7,8);1H4. The van der Waals surface area contributed by atoms with Crippen LogP contribution in [0.4, 0.5) is 0 Å². The van der Waals surface area contributed by atoms with Crippen molar-refractivity contribution in [2.45, 2.75) is 27.7 Å². The molecule has 1 aliphatic rings. The van der Waals surface area contributed by atoms with E-state index in [-0.39, 0.29) is 24.7 Å². The lowest BCUT2D eigenvalue weighted by molar-refractivity contribution is -0.119. The molecule has 2 nitrogen and oxygen atoms in total. The smallest absolute Gasteiger partial charge is 0.221 e. The maximum Gasteiger partial charge on any atom is 0.221 e. The van der Waals surface area contributed by atoms with Crippen LogP contribution in [-0.4, -0.2) is 5.91 Å². The molecular formula is C7H15NO. The lowest BCUT2D eigenvalue weighted by Gasteiger charge is -1.95. The third-order valence-electron chi connectivity index (χ3n) is 1.86. The summed E-state index contributed by atoms with van der Waals surface area (Å²) in [6, 6.07) is 0. The topological polar surface area (TPSA) is 43.1 Å². The number of rotatable bonds is 1. The van der Waals surface area contributed by atoms with Crippen LogP contribution in [0, 0.1) is 11.3 Å². The summed E-state index contributed by atoms with van der Waals surface area (Å²) in [5.41, 5.74) is 5.25. The van der Waals surface area contributed by atoms with Crippen LogP contribution in [-0.2, 0) is 4.79 Å². The zero-order valence-electron chi connectivity index (χ0n) is 5.27. The van der Waals surface area contributed by atoms with Gasteiger partial charge in [0.25, 0.3) is 0 Å². The second kappa shape index (κ2) is 2.01. The number of hydrogen-bond acceptors (Lipinski definition) is 1. The van der Waals surface area contributed by atoms with E-state index in [0.717, 1.165) is 6.42 Å². The van der Waals surface area contributed by atoms with Gasteiger partial charge in [0.15, 0.2) is 0 Å². The molecule has 0 radical (unpaired) electrons. The molecule has 1 atom stereocenters. The summed E-state index contributed by atoms with van der Waals surface area (Å²) >= 11 is 0. The van der Waals surface area contributed by atoms with Gasteiger partial charge in [0, 0.05) is 5.92 Å². The monoisotopic (exact) mass is 129 g/mol. The van der Waals surface area contributed by atoms with E-state index < -0.39 is 0 Å². The van der Waals surface area contributed by atoms with Gasteiger partial charge < -0.3 is 5.73 Å². The Morgan fingerprint density at radius 3 is 2.00 bits per heavy atom. The Morgan fingerprint density at radius 1 is 1.67 bits per heavy atom. The Balaban J connectivity index is 0.000000640. The average molecular weight is 129 g/mol. The van der Waals surface area contributed by atoms with Crippen LogP contribution in [0.15, 0.2) is 0 Å². The van der Waals surface area contributed by atoms with Gasteiger partial charge in [-0.15, -0.1) is 0 Å². The van der Waals surface area contributed by atoms with E-state index in [9.17, 15) is 4.79 Å². The summed E-state index contributed by atoms with van der Waals surface area (Å²) in [7, 11) is 0. The molecule has 2 heteroatoms. The van der Waals surface area contributed by atoms with Crippen LogP contribution in [0.1, 0.15) is 27.7 Å². The number of carbonyl (C=O) groups is 1. The number of primary amides is 1. The maximum atomic E-state index is 10.4. The van der Waals surface area contributed by atoms with Crippen molar-refractivity contribution in [1.82, 2.24) is 0 Å². The van der Waals surface area contributed by atoms with Gasteiger partial charge in [-0.1, -0.05) is 21.3 Å². The molecule has 0 saturated heterocycles. The Hall–Kier alpha value is -0.530. The molecule has 1 saturated carbocycles. The third kappa shape index (κ3) is 1.44. The summed E-state index contributed by atoms with van der Waals surface area (Å²) in [6.07, 6.45) is 0.975. The number of nitrogens with two attached hydrogens (primary N) is 1. The number of carbonyl (C=O) groups excluding carboxylic acids is 1. The maximum absolute atomic E-state index is 10.4. The molecule has 1 fully saturated rings. The molecule has 0 aliphatic heterocycles. The quantitative estimate of drug-likeness (QED) is 0.567. The normalized spacial score (nSPS) is 28.4. The first kappa shape index (κ1) is 8.47. The molecule has 1 rings (SSSR count). The van der Waals surface area contributed by atoms with Crippen molar-refractivity contribution in [1.29, 1.82) is 0 Å². The lowest BCUT2D eigenvalue weighted by atomic mass is 10.1. The zero-order chi connectivity index (χ0) is 6.36. The van der Waals surface area contributed by atoms with Gasteiger partial charge in [-0.2, -0.15) is 0 Å². The lowest BCUT2D eigenvalue weighted by Crippen LogP contribution is -2.15. The minimum atomic E-state index is -0.144. The number of amides is 1. The third-order valence-corrected chi connectivity index (χ3v) is 1.86. The van der Waals surface area contributed by atoms with Gasteiger partial charge in [-0.25, -0.2) is 0 Å². The molecule has 0 aromatic carbocycles. The molecule has 2 N–H and O–H groups in total. The summed E-state index contributed by atoms with van der Waals surface area (Å²) in [5, 5.41) is 0. The first-order valence-corrected chi connectivity index (χ1v) is 2.83. The van der Waals surface area contributed by atoms with Crippen molar-refractivity contribution in [2.24, 2.45) is 17.1 Å². The molecule has 0 aromatic heterocycles. The van der Waals surface area contributed by atoms with Crippen molar-refractivity contribution in [3.05, 3.63) is 0 Å². The Bertz CT molecular complexity index is 129. The van der Waals surface area contributed by atoms with Crippen LogP contribution in [0.2, 0.25) is 0 Å². The van der Waals surface area contributed by atoms with E-state index in [0.29, 0.717) is 0 Å². The van der Waals surface area contributed by atoms with Crippen LogP contribution >= 0.6 is 0 Å². The first-order chi connectivity index (χ1) is 3.54. The Kier molecular flexibility index (Phi) is 1.89. The van der Waals surface area contributed by atoms with Crippen molar-refractivity contribution < 1.29 is 4.79 Å². The molecule has 9 heavy (non-hydrogen) atoms. The molecule has 1 unspecified atom stereocenters. The van der Waals surface area contributed by atoms with E-state index in [1.54, 1.807) is 0 Å². The number of hydrogen-bond donors (Lipinski definition) is 1. The van der Waals surface area contributed by atoms with E-state index in [1.807, 2.05) is 0 Å². The minimum Gasteiger partial charge on any atom is -0.369 e. The van der Waals surface area contributed by atoms with E-state index >= 15 is 0 Å². The second-order valence-corrected chi connectivity index (χ2v) is 3.15. The van der Waals surface area contributed by atoms with Gasteiger partial charge in [0.1, 0.15) is 0 Å². The highest BCUT2D eigenvalue weighted by atomic mass is 16.1. The molecule has 1 aliphatic carbocycles. The highest BCUT2D eigenvalue weighted by Crippen LogP contribution is 2.51. The first-order valence-electron chi connectivity index (χ1n) is 2.83. The summed E-state index contributed by atoms with van der Waals surface area (Å²) in [6.45, 7) is 4.12. The molecular weight excluding hydrogens is 114 g/mol. The van der Waals surface area contributed by atoms with E-state index in [4.69, 9.17) is 5.73 Å². The molecule has 0 spiro atoms. The van der Waals surface area contributed by atoms with Crippen LogP contribution in [0.25, 0.3) is 0 Å². The van der Waals surface area contributed by atoms with Crippen molar-refractivity contribution >= 4 is 5.91 Å².